The van der Waals surface area contributed by atoms with Crippen molar-refractivity contribution >= 4 is 32.7 Å². The Bertz CT molecular complexity index is 2420. The molecule has 2 heterocycles. The van der Waals surface area contributed by atoms with Crippen LogP contribution in [0.2, 0.25) is 0 Å². The highest BCUT2D eigenvalue weighted by Gasteiger charge is 2.35. The third kappa shape index (κ3) is 3.74. The minimum atomic E-state index is -0.0578. The van der Waals surface area contributed by atoms with Crippen molar-refractivity contribution in [3.63, 3.8) is 0 Å². The Hall–Kier alpha value is -5.61. The van der Waals surface area contributed by atoms with E-state index in [9.17, 15) is 0 Å². The van der Waals surface area contributed by atoms with Crippen LogP contribution in [0.5, 0.6) is 0 Å². The van der Waals surface area contributed by atoms with Gasteiger partial charge in [-0.25, -0.2) is 15.0 Å². The Morgan fingerprint density at radius 2 is 1.05 bits per heavy atom. The largest absolute Gasteiger partial charge is 0.456 e. The predicted octanol–water partition coefficient (Wildman–Crippen LogP) is 10.2. The van der Waals surface area contributed by atoms with Gasteiger partial charge in [0.05, 0.1) is 0 Å². The van der Waals surface area contributed by atoms with Crippen LogP contribution >= 0.6 is 0 Å². The number of furan rings is 1. The fourth-order valence-electron chi connectivity index (χ4n) is 6.81. The maximum atomic E-state index is 6.38. The SMILES string of the molecule is CC1(C)c2ccccc2-c2cc(-c3nc(-c4ccccc4)nc(-c4ccc5c(c4)oc4cc6ccccc6cc45)n3)ccc21. The van der Waals surface area contributed by atoms with E-state index < -0.39 is 0 Å². The Labute approximate surface area is 254 Å². The standard InChI is InChI=1S/C40H27N3O/c1-40(2)33-15-9-8-14-29(33)31-21-27(17-19-34(31)40)38-41-37(24-10-4-3-5-11-24)42-39(43-38)28-16-18-30-32-20-25-12-6-7-13-26(25)22-36(32)44-35(30)23-28/h3-23H,1-2H3. The first kappa shape index (κ1) is 24.9. The van der Waals surface area contributed by atoms with E-state index >= 15 is 0 Å². The summed E-state index contributed by atoms with van der Waals surface area (Å²) in [6, 6.07) is 44.4. The van der Waals surface area contributed by atoms with Crippen LogP contribution in [0.15, 0.2) is 132 Å². The second kappa shape index (κ2) is 9.19. The van der Waals surface area contributed by atoms with Crippen LogP contribution in [-0.2, 0) is 5.41 Å². The highest BCUT2D eigenvalue weighted by molar-refractivity contribution is 6.10. The molecular formula is C40H27N3O. The fourth-order valence-corrected chi connectivity index (χ4v) is 6.81. The van der Waals surface area contributed by atoms with Crippen molar-refractivity contribution < 1.29 is 4.42 Å². The van der Waals surface area contributed by atoms with Gasteiger partial charge >= 0.3 is 0 Å². The minimum Gasteiger partial charge on any atom is -0.456 e. The molecular weight excluding hydrogens is 538 g/mol. The molecule has 1 aliphatic carbocycles. The molecule has 6 aromatic carbocycles. The molecule has 208 valence electrons. The molecule has 9 rings (SSSR count). The molecule has 4 heteroatoms. The number of fused-ring (bicyclic) bond motifs is 7. The summed E-state index contributed by atoms with van der Waals surface area (Å²) in [4.78, 5) is 15.0. The monoisotopic (exact) mass is 565 g/mol. The zero-order valence-corrected chi connectivity index (χ0v) is 24.4. The van der Waals surface area contributed by atoms with E-state index in [0.717, 1.165) is 44.0 Å². The summed E-state index contributed by atoms with van der Waals surface area (Å²) in [5.74, 6) is 1.90. The van der Waals surface area contributed by atoms with E-state index in [4.69, 9.17) is 19.4 Å². The summed E-state index contributed by atoms with van der Waals surface area (Å²) in [7, 11) is 0. The molecule has 0 saturated heterocycles. The first-order valence-corrected chi connectivity index (χ1v) is 14.9. The van der Waals surface area contributed by atoms with Crippen LogP contribution in [-0.4, -0.2) is 15.0 Å². The molecule has 0 radical (unpaired) electrons. The molecule has 0 N–H and O–H groups in total. The molecule has 0 amide bonds. The van der Waals surface area contributed by atoms with Crippen LogP contribution < -0.4 is 0 Å². The molecule has 4 nitrogen and oxygen atoms in total. The molecule has 0 bridgehead atoms. The molecule has 0 aliphatic heterocycles. The number of benzene rings is 6. The van der Waals surface area contributed by atoms with Gasteiger partial charge in [-0.3, -0.25) is 0 Å². The summed E-state index contributed by atoms with van der Waals surface area (Å²) < 4.78 is 6.38. The topological polar surface area (TPSA) is 51.8 Å². The molecule has 0 atom stereocenters. The van der Waals surface area contributed by atoms with Crippen LogP contribution in [0.4, 0.5) is 0 Å². The van der Waals surface area contributed by atoms with E-state index in [1.807, 2.05) is 30.3 Å². The van der Waals surface area contributed by atoms with Crippen LogP contribution in [0.25, 0.3) is 78.0 Å². The van der Waals surface area contributed by atoms with Gasteiger partial charge in [-0.1, -0.05) is 111 Å². The summed E-state index contributed by atoms with van der Waals surface area (Å²) in [6.45, 7) is 4.59. The average molecular weight is 566 g/mol. The van der Waals surface area contributed by atoms with Crippen molar-refractivity contribution in [1.82, 2.24) is 15.0 Å². The number of hydrogen-bond donors (Lipinski definition) is 0. The maximum Gasteiger partial charge on any atom is 0.164 e. The Kier molecular flexibility index (Phi) is 5.21. The van der Waals surface area contributed by atoms with Gasteiger partial charge in [-0.2, -0.15) is 0 Å². The molecule has 8 aromatic rings. The van der Waals surface area contributed by atoms with Gasteiger partial charge in [-0.15, -0.1) is 0 Å². The molecule has 2 aromatic heterocycles. The second-order valence-electron chi connectivity index (χ2n) is 12.1. The summed E-state index contributed by atoms with van der Waals surface area (Å²) in [5.41, 5.74) is 9.61. The summed E-state index contributed by atoms with van der Waals surface area (Å²) >= 11 is 0. The van der Waals surface area contributed by atoms with Gasteiger partial charge in [0.1, 0.15) is 11.2 Å². The van der Waals surface area contributed by atoms with Gasteiger partial charge in [-0.05, 0) is 63.4 Å². The van der Waals surface area contributed by atoms with Crippen molar-refractivity contribution in [2.75, 3.05) is 0 Å². The minimum absolute atomic E-state index is 0.0578. The van der Waals surface area contributed by atoms with Crippen LogP contribution in [0.1, 0.15) is 25.0 Å². The number of nitrogens with zero attached hydrogens (tertiary/aromatic N) is 3. The van der Waals surface area contributed by atoms with Crippen LogP contribution in [0, 0.1) is 0 Å². The van der Waals surface area contributed by atoms with E-state index in [-0.39, 0.29) is 5.41 Å². The lowest BCUT2D eigenvalue weighted by Crippen LogP contribution is -2.14. The quantitative estimate of drug-likeness (QED) is 0.214. The van der Waals surface area contributed by atoms with E-state index in [1.165, 1.54) is 27.6 Å². The van der Waals surface area contributed by atoms with E-state index in [1.54, 1.807) is 0 Å². The zero-order valence-electron chi connectivity index (χ0n) is 24.4. The van der Waals surface area contributed by atoms with Gasteiger partial charge in [0, 0.05) is 32.9 Å². The lowest BCUT2D eigenvalue weighted by atomic mass is 9.82. The zero-order chi connectivity index (χ0) is 29.4. The Balaban J connectivity index is 1.22. The molecule has 0 saturated carbocycles. The molecule has 0 fully saturated rings. The van der Waals surface area contributed by atoms with Gasteiger partial charge in [0.15, 0.2) is 17.5 Å². The third-order valence-electron chi connectivity index (χ3n) is 9.11. The van der Waals surface area contributed by atoms with E-state index in [0.29, 0.717) is 17.5 Å². The smallest absolute Gasteiger partial charge is 0.164 e. The first-order valence-electron chi connectivity index (χ1n) is 14.9. The third-order valence-corrected chi connectivity index (χ3v) is 9.11. The Morgan fingerprint density at radius 3 is 1.84 bits per heavy atom. The second-order valence-corrected chi connectivity index (χ2v) is 12.1. The van der Waals surface area contributed by atoms with Crippen molar-refractivity contribution in [1.29, 1.82) is 0 Å². The summed E-state index contributed by atoms with van der Waals surface area (Å²) in [6.07, 6.45) is 0. The summed E-state index contributed by atoms with van der Waals surface area (Å²) in [5, 5.41) is 4.54. The Morgan fingerprint density at radius 1 is 0.455 bits per heavy atom. The maximum absolute atomic E-state index is 6.38. The average Bonchev–Trinajstić information content (AvgIpc) is 3.54. The first-order chi connectivity index (χ1) is 21.5. The lowest BCUT2D eigenvalue weighted by Gasteiger charge is -2.21. The van der Waals surface area contributed by atoms with Crippen molar-refractivity contribution in [2.45, 2.75) is 19.3 Å². The van der Waals surface area contributed by atoms with Gasteiger partial charge in [0.2, 0.25) is 0 Å². The molecule has 0 unspecified atom stereocenters. The van der Waals surface area contributed by atoms with Crippen molar-refractivity contribution in [3.8, 4) is 45.3 Å². The normalized spacial score (nSPS) is 13.4. The predicted molar refractivity (Wildman–Crippen MR) is 178 cm³/mol. The van der Waals surface area contributed by atoms with Gasteiger partial charge in [0.25, 0.3) is 0 Å². The fraction of sp³-hybridized carbons (Fsp3) is 0.0750. The van der Waals surface area contributed by atoms with E-state index in [2.05, 4.69) is 111 Å². The molecule has 1 aliphatic rings. The number of rotatable bonds is 3. The highest BCUT2D eigenvalue weighted by atomic mass is 16.3. The lowest BCUT2D eigenvalue weighted by molar-refractivity contribution is 0.660. The molecule has 0 spiro atoms. The number of aromatic nitrogens is 3. The van der Waals surface area contributed by atoms with Crippen molar-refractivity contribution in [2.24, 2.45) is 0 Å². The van der Waals surface area contributed by atoms with Gasteiger partial charge < -0.3 is 4.42 Å². The highest BCUT2D eigenvalue weighted by Crippen LogP contribution is 2.49. The van der Waals surface area contributed by atoms with Crippen LogP contribution in [0.3, 0.4) is 0 Å². The molecule has 44 heavy (non-hydrogen) atoms. The number of hydrogen-bond acceptors (Lipinski definition) is 4. The van der Waals surface area contributed by atoms with Crippen molar-refractivity contribution in [3.05, 3.63) is 139 Å².